The SMILES string of the molecule is CCCCN(CCCC)C1(CN)Cc2ccccc2C1. The molecule has 20 heavy (non-hydrogen) atoms. The highest BCUT2D eigenvalue weighted by molar-refractivity contribution is 5.36. The van der Waals surface area contributed by atoms with Gasteiger partial charge in [-0.05, 0) is 49.9 Å². The first-order valence-corrected chi connectivity index (χ1v) is 8.27. The molecule has 112 valence electrons. The minimum Gasteiger partial charge on any atom is -0.329 e. The molecular weight excluding hydrogens is 244 g/mol. The van der Waals surface area contributed by atoms with Gasteiger partial charge in [0.05, 0.1) is 0 Å². The van der Waals surface area contributed by atoms with E-state index in [-0.39, 0.29) is 5.54 Å². The Morgan fingerprint density at radius 2 is 1.50 bits per heavy atom. The summed E-state index contributed by atoms with van der Waals surface area (Å²) in [5, 5.41) is 0. The maximum atomic E-state index is 6.25. The van der Waals surface area contributed by atoms with Crippen LogP contribution in [-0.4, -0.2) is 30.1 Å². The Labute approximate surface area is 124 Å². The van der Waals surface area contributed by atoms with E-state index in [9.17, 15) is 0 Å². The summed E-state index contributed by atoms with van der Waals surface area (Å²) in [6.07, 6.45) is 7.34. The molecule has 0 saturated carbocycles. The van der Waals surface area contributed by atoms with Gasteiger partial charge in [-0.1, -0.05) is 51.0 Å². The Kier molecular flexibility index (Phi) is 5.62. The van der Waals surface area contributed by atoms with Crippen molar-refractivity contribution in [2.45, 2.75) is 57.9 Å². The number of unbranched alkanes of at least 4 members (excludes halogenated alkanes) is 2. The lowest BCUT2D eigenvalue weighted by molar-refractivity contribution is 0.0982. The molecule has 0 bridgehead atoms. The number of nitrogens with two attached hydrogens (primary N) is 1. The van der Waals surface area contributed by atoms with Crippen LogP contribution in [-0.2, 0) is 12.8 Å². The van der Waals surface area contributed by atoms with E-state index in [1.165, 1.54) is 49.9 Å². The van der Waals surface area contributed by atoms with E-state index in [1.807, 2.05) is 0 Å². The molecule has 0 aliphatic heterocycles. The van der Waals surface area contributed by atoms with Crippen LogP contribution in [0.5, 0.6) is 0 Å². The number of nitrogens with zero attached hydrogens (tertiary/aromatic N) is 1. The van der Waals surface area contributed by atoms with Crippen molar-refractivity contribution in [2.24, 2.45) is 5.73 Å². The predicted octanol–water partition coefficient (Wildman–Crippen LogP) is 3.38. The van der Waals surface area contributed by atoms with E-state index < -0.39 is 0 Å². The molecule has 0 amide bonds. The molecule has 2 heteroatoms. The molecule has 2 rings (SSSR count). The molecule has 0 spiro atoms. The average molecular weight is 274 g/mol. The van der Waals surface area contributed by atoms with Gasteiger partial charge in [0, 0.05) is 12.1 Å². The highest BCUT2D eigenvalue weighted by Crippen LogP contribution is 2.34. The lowest BCUT2D eigenvalue weighted by atomic mass is 9.92. The molecule has 0 aromatic heterocycles. The van der Waals surface area contributed by atoms with Crippen molar-refractivity contribution in [1.82, 2.24) is 4.90 Å². The topological polar surface area (TPSA) is 29.3 Å². The van der Waals surface area contributed by atoms with Crippen molar-refractivity contribution in [3.8, 4) is 0 Å². The second kappa shape index (κ2) is 7.24. The van der Waals surface area contributed by atoms with Crippen LogP contribution in [0.4, 0.5) is 0 Å². The van der Waals surface area contributed by atoms with Crippen LogP contribution in [0.3, 0.4) is 0 Å². The summed E-state index contributed by atoms with van der Waals surface area (Å²) in [6, 6.07) is 8.89. The van der Waals surface area contributed by atoms with Crippen molar-refractivity contribution in [3.05, 3.63) is 35.4 Å². The van der Waals surface area contributed by atoms with E-state index in [0.29, 0.717) is 0 Å². The molecule has 1 aliphatic rings. The summed E-state index contributed by atoms with van der Waals surface area (Å²) in [5.74, 6) is 0. The zero-order valence-corrected chi connectivity index (χ0v) is 13.2. The first-order chi connectivity index (χ1) is 9.75. The van der Waals surface area contributed by atoms with Gasteiger partial charge in [0.25, 0.3) is 0 Å². The van der Waals surface area contributed by atoms with Gasteiger partial charge in [0.15, 0.2) is 0 Å². The van der Waals surface area contributed by atoms with Crippen LogP contribution >= 0.6 is 0 Å². The van der Waals surface area contributed by atoms with Crippen LogP contribution < -0.4 is 5.73 Å². The zero-order chi connectivity index (χ0) is 14.4. The van der Waals surface area contributed by atoms with Crippen LogP contribution in [0.1, 0.15) is 50.7 Å². The van der Waals surface area contributed by atoms with Crippen molar-refractivity contribution in [1.29, 1.82) is 0 Å². The molecule has 1 aliphatic carbocycles. The van der Waals surface area contributed by atoms with Crippen molar-refractivity contribution in [2.75, 3.05) is 19.6 Å². The standard InChI is InChI=1S/C18H30N2/c1-3-5-11-20(12-6-4-2)18(15-19)13-16-9-7-8-10-17(16)14-18/h7-10H,3-6,11-15,19H2,1-2H3. The molecule has 2 nitrogen and oxygen atoms in total. The number of benzene rings is 1. The highest BCUT2D eigenvalue weighted by Gasteiger charge is 2.40. The smallest absolute Gasteiger partial charge is 0.0412 e. The van der Waals surface area contributed by atoms with E-state index in [4.69, 9.17) is 5.73 Å². The Morgan fingerprint density at radius 3 is 1.90 bits per heavy atom. The predicted molar refractivity (Wildman–Crippen MR) is 87.0 cm³/mol. The Bertz CT molecular complexity index is 381. The van der Waals surface area contributed by atoms with Gasteiger partial charge in [-0.25, -0.2) is 0 Å². The van der Waals surface area contributed by atoms with Gasteiger partial charge in [-0.15, -0.1) is 0 Å². The van der Waals surface area contributed by atoms with Gasteiger partial charge in [0.2, 0.25) is 0 Å². The van der Waals surface area contributed by atoms with Gasteiger partial charge < -0.3 is 5.73 Å². The molecule has 0 atom stereocenters. The first kappa shape index (κ1) is 15.5. The van der Waals surface area contributed by atoms with Crippen LogP contribution in [0.15, 0.2) is 24.3 Å². The monoisotopic (exact) mass is 274 g/mol. The molecule has 0 radical (unpaired) electrons. The molecule has 2 N–H and O–H groups in total. The van der Waals surface area contributed by atoms with Crippen LogP contribution in [0, 0.1) is 0 Å². The third-order valence-corrected chi connectivity index (χ3v) is 4.77. The number of fused-ring (bicyclic) bond motifs is 1. The van der Waals surface area contributed by atoms with Crippen LogP contribution in [0.25, 0.3) is 0 Å². The van der Waals surface area contributed by atoms with Crippen molar-refractivity contribution in [3.63, 3.8) is 0 Å². The average Bonchev–Trinajstić information content (AvgIpc) is 2.87. The quantitative estimate of drug-likeness (QED) is 0.787. The second-order valence-electron chi connectivity index (χ2n) is 6.24. The number of hydrogen-bond donors (Lipinski definition) is 1. The third-order valence-electron chi connectivity index (χ3n) is 4.77. The normalized spacial score (nSPS) is 16.6. The number of rotatable bonds is 8. The minimum atomic E-state index is 0.175. The van der Waals surface area contributed by atoms with Gasteiger partial charge in [-0.3, -0.25) is 4.90 Å². The summed E-state index contributed by atoms with van der Waals surface area (Å²) in [4.78, 5) is 2.69. The van der Waals surface area contributed by atoms with E-state index >= 15 is 0 Å². The van der Waals surface area contributed by atoms with Gasteiger partial charge in [0.1, 0.15) is 0 Å². The van der Waals surface area contributed by atoms with E-state index in [1.54, 1.807) is 0 Å². The van der Waals surface area contributed by atoms with E-state index in [2.05, 4.69) is 43.0 Å². The summed E-state index contributed by atoms with van der Waals surface area (Å²) in [6.45, 7) is 7.71. The lowest BCUT2D eigenvalue weighted by Gasteiger charge is -2.41. The lowest BCUT2D eigenvalue weighted by Crippen LogP contribution is -2.55. The molecule has 0 fully saturated rings. The zero-order valence-electron chi connectivity index (χ0n) is 13.2. The molecule has 0 heterocycles. The third kappa shape index (κ3) is 3.24. The Balaban J connectivity index is 2.16. The summed E-state index contributed by atoms with van der Waals surface area (Å²) in [5.41, 5.74) is 9.45. The van der Waals surface area contributed by atoms with E-state index in [0.717, 1.165) is 19.4 Å². The number of hydrogen-bond acceptors (Lipinski definition) is 2. The Morgan fingerprint density at radius 1 is 1.00 bits per heavy atom. The maximum absolute atomic E-state index is 6.25. The van der Waals surface area contributed by atoms with Gasteiger partial charge >= 0.3 is 0 Å². The Hall–Kier alpha value is -0.860. The van der Waals surface area contributed by atoms with Crippen molar-refractivity contribution < 1.29 is 0 Å². The highest BCUT2D eigenvalue weighted by atomic mass is 15.2. The largest absolute Gasteiger partial charge is 0.329 e. The van der Waals surface area contributed by atoms with Gasteiger partial charge in [-0.2, -0.15) is 0 Å². The fourth-order valence-electron chi connectivity index (χ4n) is 3.46. The molecular formula is C18H30N2. The fourth-order valence-corrected chi connectivity index (χ4v) is 3.46. The fraction of sp³-hybridized carbons (Fsp3) is 0.667. The second-order valence-corrected chi connectivity index (χ2v) is 6.24. The molecule has 1 aromatic carbocycles. The minimum absolute atomic E-state index is 0.175. The summed E-state index contributed by atoms with van der Waals surface area (Å²) in [7, 11) is 0. The van der Waals surface area contributed by atoms with Crippen molar-refractivity contribution >= 4 is 0 Å². The first-order valence-electron chi connectivity index (χ1n) is 8.27. The summed E-state index contributed by atoms with van der Waals surface area (Å²) < 4.78 is 0. The van der Waals surface area contributed by atoms with Crippen LogP contribution in [0.2, 0.25) is 0 Å². The molecule has 1 aromatic rings. The molecule has 0 saturated heterocycles. The summed E-state index contributed by atoms with van der Waals surface area (Å²) >= 11 is 0. The maximum Gasteiger partial charge on any atom is 0.0412 e. The molecule has 0 unspecified atom stereocenters.